The van der Waals surface area contributed by atoms with Crippen LogP contribution in [0.3, 0.4) is 0 Å². The molecule has 1 aliphatic rings. The van der Waals surface area contributed by atoms with E-state index in [2.05, 4.69) is 34.1 Å². The Morgan fingerprint density at radius 3 is 2.46 bits per heavy atom. The van der Waals surface area contributed by atoms with E-state index in [1.165, 1.54) is 34.9 Å². The Morgan fingerprint density at radius 1 is 1.15 bits per heavy atom. The summed E-state index contributed by atoms with van der Waals surface area (Å²) in [7, 11) is 0. The molecule has 0 aliphatic heterocycles. The predicted octanol–water partition coefficient (Wildman–Crippen LogP) is 4.13. The molecular weight excluding hydrogens is 226 g/mol. The number of benzene rings is 1. The average molecular weight is 244 g/mol. The molecule has 0 bridgehead atoms. The fraction of sp³-hybridized carbons (Fsp3) is 0.455. The Labute approximate surface area is 89.3 Å². The molecule has 0 unspecified atom stereocenters. The summed E-state index contributed by atoms with van der Waals surface area (Å²) in [5.74, 6) is 0. The maximum atomic E-state index is 3.55. The van der Waals surface area contributed by atoms with Gasteiger partial charge < -0.3 is 6.15 Å². The molecule has 0 aromatic heterocycles. The van der Waals surface area contributed by atoms with Crippen molar-refractivity contribution >= 4 is 15.9 Å². The highest BCUT2D eigenvalue weighted by molar-refractivity contribution is 9.10. The SMILES string of the molecule is Brc1cccc2c1CCC2.CC.N. The molecule has 1 aromatic rings. The van der Waals surface area contributed by atoms with Crippen LogP contribution in [-0.2, 0) is 12.8 Å². The van der Waals surface area contributed by atoms with E-state index >= 15 is 0 Å². The fourth-order valence-corrected chi connectivity index (χ4v) is 2.18. The van der Waals surface area contributed by atoms with Crippen LogP contribution in [0.4, 0.5) is 0 Å². The highest BCUT2D eigenvalue weighted by Crippen LogP contribution is 2.28. The molecular formula is C11H18BrN. The largest absolute Gasteiger partial charge is 0.344 e. The van der Waals surface area contributed by atoms with E-state index in [1.807, 2.05) is 13.8 Å². The summed E-state index contributed by atoms with van der Waals surface area (Å²) in [6, 6.07) is 6.48. The molecule has 1 aromatic carbocycles. The van der Waals surface area contributed by atoms with Crippen molar-refractivity contribution in [1.82, 2.24) is 6.15 Å². The molecule has 0 heterocycles. The van der Waals surface area contributed by atoms with E-state index in [1.54, 1.807) is 0 Å². The van der Waals surface area contributed by atoms with Gasteiger partial charge in [-0.2, -0.15) is 0 Å². The van der Waals surface area contributed by atoms with Gasteiger partial charge in [0.2, 0.25) is 0 Å². The quantitative estimate of drug-likeness (QED) is 0.731. The minimum Gasteiger partial charge on any atom is -0.344 e. The van der Waals surface area contributed by atoms with Crippen LogP contribution in [0.15, 0.2) is 22.7 Å². The van der Waals surface area contributed by atoms with Crippen LogP contribution in [0, 0.1) is 0 Å². The van der Waals surface area contributed by atoms with Gasteiger partial charge in [0.25, 0.3) is 0 Å². The first-order chi connectivity index (χ1) is 5.88. The van der Waals surface area contributed by atoms with Gasteiger partial charge in [-0.25, -0.2) is 0 Å². The van der Waals surface area contributed by atoms with Crippen molar-refractivity contribution in [1.29, 1.82) is 0 Å². The van der Waals surface area contributed by atoms with Crippen LogP contribution in [-0.4, -0.2) is 0 Å². The summed E-state index contributed by atoms with van der Waals surface area (Å²) in [6.45, 7) is 4.00. The maximum absolute atomic E-state index is 3.55. The smallest absolute Gasteiger partial charge is 0.0210 e. The lowest BCUT2D eigenvalue weighted by molar-refractivity contribution is 0.910. The first-order valence-electron chi connectivity index (χ1n) is 4.64. The van der Waals surface area contributed by atoms with Gasteiger partial charge in [-0.1, -0.05) is 41.9 Å². The van der Waals surface area contributed by atoms with E-state index in [9.17, 15) is 0 Å². The summed E-state index contributed by atoms with van der Waals surface area (Å²) in [5.41, 5.74) is 3.07. The molecule has 0 amide bonds. The van der Waals surface area contributed by atoms with Crippen molar-refractivity contribution in [2.24, 2.45) is 0 Å². The summed E-state index contributed by atoms with van der Waals surface area (Å²) >= 11 is 3.55. The van der Waals surface area contributed by atoms with Crippen molar-refractivity contribution in [2.75, 3.05) is 0 Å². The van der Waals surface area contributed by atoms with E-state index in [-0.39, 0.29) is 6.15 Å². The highest BCUT2D eigenvalue weighted by atomic mass is 79.9. The molecule has 0 saturated carbocycles. The molecule has 0 saturated heterocycles. The van der Waals surface area contributed by atoms with Gasteiger partial charge >= 0.3 is 0 Å². The number of halogens is 1. The summed E-state index contributed by atoms with van der Waals surface area (Å²) in [6.07, 6.45) is 3.86. The van der Waals surface area contributed by atoms with Crippen LogP contribution in [0.5, 0.6) is 0 Å². The maximum Gasteiger partial charge on any atom is 0.0210 e. The number of fused-ring (bicyclic) bond motifs is 1. The van der Waals surface area contributed by atoms with Crippen molar-refractivity contribution in [3.8, 4) is 0 Å². The second kappa shape index (κ2) is 6.17. The molecule has 74 valence electrons. The van der Waals surface area contributed by atoms with Gasteiger partial charge in [-0.15, -0.1) is 0 Å². The number of hydrogen-bond donors (Lipinski definition) is 1. The molecule has 13 heavy (non-hydrogen) atoms. The molecule has 3 N–H and O–H groups in total. The van der Waals surface area contributed by atoms with Gasteiger partial charge in [-0.05, 0) is 36.5 Å². The number of hydrogen-bond acceptors (Lipinski definition) is 1. The van der Waals surface area contributed by atoms with Crippen molar-refractivity contribution in [3.05, 3.63) is 33.8 Å². The summed E-state index contributed by atoms with van der Waals surface area (Å²) in [5, 5.41) is 0. The van der Waals surface area contributed by atoms with Gasteiger partial charge in [0, 0.05) is 4.47 Å². The second-order valence-corrected chi connectivity index (χ2v) is 3.59. The zero-order valence-corrected chi connectivity index (χ0v) is 10.0. The van der Waals surface area contributed by atoms with Gasteiger partial charge in [-0.3, -0.25) is 0 Å². The van der Waals surface area contributed by atoms with Crippen molar-refractivity contribution < 1.29 is 0 Å². The van der Waals surface area contributed by atoms with E-state index in [0.717, 1.165) is 0 Å². The Hall–Kier alpha value is -0.340. The van der Waals surface area contributed by atoms with E-state index < -0.39 is 0 Å². The Bertz CT molecular complexity index is 258. The van der Waals surface area contributed by atoms with Gasteiger partial charge in [0.05, 0.1) is 0 Å². The Morgan fingerprint density at radius 2 is 1.85 bits per heavy atom. The normalized spacial score (nSPS) is 12.2. The van der Waals surface area contributed by atoms with Crippen LogP contribution >= 0.6 is 15.9 Å². The van der Waals surface area contributed by atoms with Crippen LogP contribution < -0.4 is 6.15 Å². The molecule has 0 atom stereocenters. The second-order valence-electron chi connectivity index (χ2n) is 2.73. The van der Waals surface area contributed by atoms with E-state index in [0.29, 0.717) is 0 Å². The van der Waals surface area contributed by atoms with E-state index in [4.69, 9.17) is 0 Å². The lowest BCUT2D eigenvalue weighted by Crippen LogP contribution is -1.81. The zero-order valence-electron chi connectivity index (χ0n) is 8.44. The third-order valence-corrected chi connectivity index (χ3v) is 2.83. The highest BCUT2D eigenvalue weighted by Gasteiger charge is 2.11. The zero-order chi connectivity index (χ0) is 8.97. The van der Waals surface area contributed by atoms with Crippen LogP contribution in [0.25, 0.3) is 0 Å². The molecule has 0 spiro atoms. The van der Waals surface area contributed by atoms with Crippen LogP contribution in [0.2, 0.25) is 0 Å². The van der Waals surface area contributed by atoms with Gasteiger partial charge in [0.1, 0.15) is 0 Å². The molecule has 2 heteroatoms. The molecule has 0 fully saturated rings. The van der Waals surface area contributed by atoms with Crippen molar-refractivity contribution in [3.63, 3.8) is 0 Å². The lowest BCUT2D eigenvalue weighted by atomic mass is 10.1. The topological polar surface area (TPSA) is 35.0 Å². The molecule has 0 radical (unpaired) electrons. The molecule has 1 nitrogen and oxygen atoms in total. The third-order valence-electron chi connectivity index (χ3n) is 2.09. The Balaban J connectivity index is 0.000000451. The minimum absolute atomic E-state index is 0. The van der Waals surface area contributed by atoms with Crippen molar-refractivity contribution in [2.45, 2.75) is 33.1 Å². The van der Waals surface area contributed by atoms with Gasteiger partial charge in [0.15, 0.2) is 0 Å². The van der Waals surface area contributed by atoms with Crippen LogP contribution in [0.1, 0.15) is 31.4 Å². The minimum atomic E-state index is 0. The molecule has 2 rings (SSSR count). The monoisotopic (exact) mass is 243 g/mol. The number of rotatable bonds is 0. The lowest BCUT2D eigenvalue weighted by Gasteiger charge is -1.99. The first kappa shape index (κ1) is 12.7. The number of aryl methyl sites for hydroxylation is 1. The predicted molar refractivity (Wildman–Crippen MR) is 62.5 cm³/mol. The summed E-state index contributed by atoms with van der Waals surface area (Å²) < 4.78 is 1.29. The standard InChI is InChI=1S/C9H9Br.C2H6.H3N/c10-9-6-2-4-7-3-1-5-8(7)9;1-2;/h2,4,6H,1,3,5H2;1-2H3;1H3. The molecule has 1 aliphatic carbocycles. The average Bonchev–Trinajstić information content (AvgIpc) is 2.57. The fourth-order valence-electron chi connectivity index (χ4n) is 1.57. The Kier molecular flexibility index (Phi) is 6.00. The first-order valence-corrected chi connectivity index (χ1v) is 5.43. The third kappa shape index (κ3) is 2.82. The summed E-state index contributed by atoms with van der Waals surface area (Å²) in [4.78, 5) is 0.